The Morgan fingerprint density at radius 2 is 1.68 bits per heavy atom. The molecule has 0 spiro atoms. The van der Waals surface area contributed by atoms with Gasteiger partial charge in [0, 0.05) is 5.69 Å². The Bertz CT molecular complexity index is 792. The molecule has 0 unspecified atom stereocenters. The van der Waals surface area contributed by atoms with Gasteiger partial charge in [-0.1, -0.05) is 19.1 Å². The number of anilines is 2. The lowest BCUT2D eigenvalue weighted by Crippen LogP contribution is -2.45. The molecule has 7 nitrogen and oxygen atoms in total. The van der Waals surface area contributed by atoms with Gasteiger partial charge in [-0.3, -0.25) is 14.5 Å². The van der Waals surface area contributed by atoms with Gasteiger partial charge in [0.05, 0.1) is 32.5 Å². The summed E-state index contributed by atoms with van der Waals surface area (Å²) in [5.74, 6) is 0.908. The van der Waals surface area contributed by atoms with Crippen LogP contribution >= 0.6 is 0 Å². The molecule has 0 bridgehead atoms. The van der Waals surface area contributed by atoms with E-state index in [0.29, 0.717) is 23.7 Å². The topological polar surface area (TPSA) is 79.9 Å². The second kappa shape index (κ2) is 10.3. The number of ether oxygens (including phenoxy) is 2. The first-order valence-electron chi connectivity index (χ1n) is 9.10. The highest BCUT2D eigenvalue weighted by atomic mass is 16.5. The molecule has 0 heterocycles. The van der Waals surface area contributed by atoms with E-state index in [4.69, 9.17) is 9.47 Å². The first-order valence-corrected chi connectivity index (χ1v) is 9.10. The summed E-state index contributed by atoms with van der Waals surface area (Å²) in [7, 11) is 3.14. The molecule has 2 N–H and O–H groups in total. The minimum absolute atomic E-state index is 0.100. The number of para-hydroxylation sites is 2. The van der Waals surface area contributed by atoms with Gasteiger partial charge in [0.15, 0.2) is 0 Å². The molecule has 28 heavy (non-hydrogen) atoms. The van der Waals surface area contributed by atoms with Crippen molar-refractivity contribution in [1.29, 1.82) is 0 Å². The fourth-order valence-corrected chi connectivity index (χ4v) is 2.73. The standard InChI is InChI=1S/C21H27N3O4/c1-5-24(14-20(25)22-16-10-12-17(27-3)13-11-16)15(2)21(26)23-18-8-6-7-9-19(18)28-4/h6-13,15H,5,14H2,1-4H3,(H,22,25)(H,23,26)/t15-/m0/s1. The predicted molar refractivity (Wildman–Crippen MR) is 110 cm³/mol. The summed E-state index contributed by atoms with van der Waals surface area (Å²) in [6, 6.07) is 13.8. The van der Waals surface area contributed by atoms with Crippen molar-refractivity contribution in [2.45, 2.75) is 19.9 Å². The molecule has 150 valence electrons. The summed E-state index contributed by atoms with van der Waals surface area (Å²) in [6.07, 6.45) is 0. The molecule has 0 aliphatic carbocycles. The first-order chi connectivity index (χ1) is 13.5. The van der Waals surface area contributed by atoms with E-state index in [1.165, 1.54) is 0 Å². The van der Waals surface area contributed by atoms with Crippen LogP contribution < -0.4 is 20.1 Å². The molecule has 2 aromatic carbocycles. The van der Waals surface area contributed by atoms with Crippen LogP contribution in [0.3, 0.4) is 0 Å². The van der Waals surface area contributed by atoms with Crippen molar-refractivity contribution in [2.75, 3.05) is 37.9 Å². The number of methoxy groups -OCH3 is 2. The molecule has 7 heteroatoms. The number of amides is 2. The third-order valence-electron chi connectivity index (χ3n) is 4.42. The molecule has 0 radical (unpaired) electrons. The second-order valence-corrected chi connectivity index (χ2v) is 6.21. The summed E-state index contributed by atoms with van der Waals surface area (Å²) >= 11 is 0. The number of hydrogen-bond donors (Lipinski definition) is 2. The third kappa shape index (κ3) is 5.72. The highest BCUT2D eigenvalue weighted by molar-refractivity contribution is 5.97. The number of hydrogen-bond acceptors (Lipinski definition) is 5. The number of carbonyl (C=O) groups is 2. The van der Waals surface area contributed by atoms with Crippen LogP contribution in [0.25, 0.3) is 0 Å². The van der Waals surface area contributed by atoms with Gasteiger partial charge in [0.25, 0.3) is 0 Å². The van der Waals surface area contributed by atoms with Crippen LogP contribution in [0.1, 0.15) is 13.8 Å². The smallest absolute Gasteiger partial charge is 0.241 e. The molecule has 2 rings (SSSR count). The van der Waals surface area contributed by atoms with E-state index in [2.05, 4.69) is 10.6 Å². The molecular weight excluding hydrogens is 358 g/mol. The average Bonchev–Trinajstić information content (AvgIpc) is 2.72. The van der Waals surface area contributed by atoms with Gasteiger partial charge in [0.1, 0.15) is 11.5 Å². The van der Waals surface area contributed by atoms with Crippen molar-refractivity contribution in [3.05, 3.63) is 48.5 Å². The quantitative estimate of drug-likeness (QED) is 0.694. The molecule has 1 atom stereocenters. The largest absolute Gasteiger partial charge is 0.497 e. The molecule has 0 aliphatic rings. The summed E-state index contributed by atoms with van der Waals surface area (Å²) < 4.78 is 10.4. The normalized spacial score (nSPS) is 11.6. The number of carbonyl (C=O) groups excluding carboxylic acids is 2. The van der Waals surface area contributed by atoms with Gasteiger partial charge >= 0.3 is 0 Å². The Balaban J connectivity index is 1.96. The van der Waals surface area contributed by atoms with Crippen LogP contribution in [0, 0.1) is 0 Å². The maximum Gasteiger partial charge on any atom is 0.241 e. The molecule has 0 fully saturated rings. The van der Waals surface area contributed by atoms with Crippen molar-refractivity contribution in [2.24, 2.45) is 0 Å². The first kappa shape index (κ1) is 21.2. The van der Waals surface area contributed by atoms with Gasteiger partial charge in [0.2, 0.25) is 11.8 Å². The van der Waals surface area contributed by atoms with Crippen molar-refractivity contribution < 1.29 is 19.1 Å². The molecule has 2 amide bonds. The zero-order valence-corrected chi connectivity index (χ0v) is 16.7. The van der Waals surface area contributed by atoms with Gasteiger partial charge in [-0.05, 0) is 49.9 Å². The Kier molecular flexibility index (Phi) is 7.83. The third-order valence-corrected chi connectivity index (χ3v) is 4.42. The summed E-state index contributed by atoms with van der Waals surface area (Å²) in [5.41, 5.74) is 1.27. The lowest BCUT2D eigenvalue weighted by atomic mass is 10.2. The summed E-state index contributed by atoms with van der Waals surface area (Å²) in [4.78, 5) is 26.8. The van der Waals surface area contributed by atoms with Crippen LogP contribution in [-0.2, 0) is 9.59 Å². The SMILES string of the molecule is CCN(CC(=O)Nc1ccc(OC)cc1)[C@@H](C)C(=O)Nc1ccccc1OC. The van der Waals surface area contributed by atoms with Crippen molar-refractivity contribution >= 4 is 23.2 Å². The van der Waals surface area contributed by atoms with E-state index < -0.39 is 6.04 Å². The zero-order chi connectivity index (χ0) is 20.5. The number of nitrogens with zero attached hydrogens (tertiary/aromatic N) is 1. The Morgan fingerprint density at radius 1 is 1.00 bits per heavy atom. The lowest BCUT2D eigenvalue weighted by molar-refractivity contribution is -0.123. The fourth-order valence-electron chi connectivity index (χ4n) is 2.73. The number of nitrogens with one attached hydrogen (secondary N) is 2. The van der Waals surface area contributed by atoms with Crippen LogP contribution in [0.5, 0.6) is 11.5 Å². The van der Waals surface area contributed by atoms with Gasteiger partial charge in [-0.15, -0.1) is 0 Å². The van der Waals surface area contributed by atoms with Gasteiger partial charge in [-0.2, -0.15) is 0 Å². The number of likely N-dealkylation sites (N-methyl/N-ethyl adjacent to an activating group) is 1. The van der Waals surface area contributed by atoms with Gasteiger partial charge < -0.3 is 20.1 Å². The van der Waals surface area contributed by atoms with E-state index in [1.54, 1.807) is 62.4 Å². The van der Waals surface area contributed by atoms with Crippen LogP contribution in [-0.4, -0.2) is 50.1 Å². The Morgan fingerprint density at radius 3 is 2.29 bits per heavy atom. The molecule has 0 aromatic heterocycles. The Hall–Kier alpha value is -3.06. The predicted octanol–water partition coefficient (Wildman–Crippen LogP) is 2.99. The zero-order valence-electron chi connectivity index (χ0n) is 16.7. The van der Waals surface area contributed by atoms with Crippen LogP contribution in [0.2, 0.25) is 0 Å². The molecule has 0 saturated heterocycles. The number of rotatable bonds is 9. The second-order valence-electron chi connectivity index (χ2n) is 6.21. The molecule has 2 aromatic rings. The molecule has 0 aliphatic heterocycles. The Labute approximate surface area is 165 Å². The lowest BCUT2D eigenvalue weighted by Gasteiger charge is -2.26. The maximum atomic E-state index is 12.6. The number of benzene rings is 2. The average molecular weight is 385 g/mol. The van der Waals surface area contributed by atoms with E-state index in [-0.39, 0.29) is 18.4 Å². The maximum absolute atomic E-state index is 12.6. The fraction of sp³-hybridized carbons (Fsp3) is 0.333. The van der Waals surface area contributed by atoms with E-state index in [0.717, 1.165) is 5.75 Å². The van der Waals surface area contributed by atoms with Gasteiger partial charge in [-0.25, -0.2) is 0 Å². The molecule has 0 saturated carbocycles. The monoisotopic (exact) mass is 385 g/mol. The van der Waals surface area contributed by atoms with Crippen molar-refractivity contribution in [3.63, 3.8) is 0 Å². The van der Waals surface area contributed by atoms with Crippen molar-refractivity contribution in [1.82, 2.24) is 4.90 Å². The summed E-state index contributed by atoms with van der Waals surface area (Å²) in [6.45, 7) is 4.34. The molecular formula is C21H27N3O4. The van der Waals surface area contributed by atoms with E-state index in [9.17, 15) is 9.59 Å². The van der Waals surface area contributed by atoms with E-state index >= 15 is 0 Å². The minimum atomic E-state index is -0.489. The highest BCUT2D eigenvalue weighted by Crippen LogP contribution is 2.23. The highest BCUT2D eigenvalue weighted by Gasteiger charge is 2.23. The summed E-state index contributed by atoms with van der Waals surface area (Å²) in [5, 5.41) is 5.69. The van der Waals surface area contributed by atoms with E-state index in [1.807, 2.05) is 19.1 Å². The van der Waals surface area contributed by atoms with Crippen LogP contribution in [0.4, 0.5) is 11.4 Å². The van der Waals surface area contributed by atoms with Crippen molar-refractivity contribution in [3.8, 4) is 11.5 Å². The minimum Gasteiger partial charge on any atom is -0.497 e. The van der Waals surface area contributed by atoms with Crippen LogP contribution in [0.15, 0.2) is 48.5 Å².